The SMILES string of the molecule is CCOC(=O)c1cccnc1-c1ccccc1OC. The Morgan fingerprint density at radius 2 is 2.00 bits per heavy atom. The number of esters is 1. The number of carbonyl (C=O) groups excluding carboxylic acids is 1. The van der Waals surface area contributed by atoms with Crippen molar-refractivity contribution in [2.75, 3.05) is 13.7 Å². The van der Waals surface area contributed by atoms with Gasteiger partial charge in [-0.05, 0) is 31.2 Å². The summed E-state index contributed by atoms with van der Waals surface area (Å²) in [5, 5.41) is 0. The Morgan fingerprint density at radius 3 is 2.74 bits per heavy atom. The van der Waals surface area contributed by atoms with Crippen molar-refractivity contribution >= 4 is 5.97 Å². The van der Waals surface area contributed by atoms with Gasteiger partial charge in [-0.2, -0.15) is 0 Å². The summed E-state index contributed by atoms with van der Waals surface area (Å²) in [5.41, 5.74) is 1.78. The molecule has 1 aromatic heterocycles. The second-order valence-corrected chi connectivity index (χ2v) is 3.82. The molecule has 0 unspecified atom stereocenters. The monoisotopic (exact) mass is 257 g/mol. The third-order valence-electron chi connectivity index (χ3n) is 2.67. The van der Waals surface area contributed by atoms with Gasteiger partial charge in [-0.3, -0.25) is 4.98 Å². The summed E-state index contributed by atoms with van der Waals surface area (Å²) in [6.07, 6.45) is 1.64. The molecular formula is C15H15NO3. The van der Waals surface area contributed by atoms with Crippen molar-refractivity contribution in [1.29, 1.82) is 0 Å². The maximum Gasteiger partial charge on any atom is 0.340 e. The van der Waals surface area contributed by atoms with Crippen LogP contribution in [0.5, 0.6) is 5.75 Å². The summed E-state index contributed by atoms with van der Waals surface area (Å²) in [6.45, 7) is 2.11. The summed E-state index contributed by atoms with van der Waals surface area (Å²) < 4.78 is 10.3. The first-order valence-corrected chi connectivity index (χ1v) is 6.03. The predicted molar refractivity (Wildman–Crippen MR) is 72.2 cm³/mol. The van der Waals surface area contributed by atoms with Gasteiger partial charge in [0.05, 0.1) is 25.0 Å². The molecule has 0 saturated heterocycles. The number of nitrogens with zero attached hydrogens (tertiary/aromatic N) is 1. The van der Waals surface area contributed by atoms with E-state index in [0.29, 0.717) is 23.6 Å². The number of hydrogen-bond acceptors (Lipinski definition) is 4. The fourth-order valence-corrected chi connectivity index (χ4v) is 1.83. The van der Waals surface area contributed by atoms with Crippen LogP contribution >= 0.6 is 0 Å². The molecule has 0 atom stereocenters. The van der Waals surface area contributed by atoms with E-state index in [9.17, 15) is 4.79 Å². The zero-order valence-corrected chi connectivity index (χ0v) is 10.9. The van der Waals surface area contributed by atoms with E-state index in [1.165, 1.54) is 0 Å². The Bertz CT molecular complexity index is 581. The van der Waals surface area contributed by atoms with Gasteiger partial charge in [-0.15, -0.1) is 0 Å². The summed E-state index contributed by atoms with van der Waals surface area (Å²) in [4.78, 5) is 16.2. The van der Waals surface area contributed by atoms with Crippen LogP contribution in [0.3, 0.4) is 0 Å². The lowest BCUT2D eigenvalue weighted by Gasteiger charge is -2.11. The molecule has 0 fully saturated rings. The average molecular weight is 257 g/mol. The maximum atomic E-state index is 11.9. The van der Waals surface area contributed by atoms with E-state index in [-0.39, 0.29) is 5.97 Å². The van der Waals surface area contributed by atoms with E-state index in [1.54, 1.807) is 32.4 Å². The standard InChI is InChI=1S/C15H15NO3/c1-3-19-15(17)12-8-6-10-16-14(12)11-7-4-5-9-13(11)18-2/h4-10H,3H2,1-2H3. The molecule has 0 spiro atoms. The van der Waals surface area contributed by atoms with E-state index in [4.69, 9.17) is 9.47 Å². The van der Waals surface area contributed by atoms with Crippen molar-refractivity contribution in [2.24, 2.45) is 0 Å². The molecule has 0 radical (unpaired) electrons. The van der Waals surface area contributed by atoms with E-state index >= 15 is 0 Å². The number of benzene rings is 1. The van der Waals surface area contributed by atoms with Crippen LogP contribution in [0.1, 0.15) is 17.3 Å². The van der Waals surface area contributed by atoms with Crippen molar-refractivity contribution < 1.29 is 14.3 Å². The number of methoxy groups -OCH3 is 1. The van der Waals surface area contributed by atoms with Crippen LogP contribution < -0.4 is 4.74 Å². The lowest BCUT2D eigenvalue weighted by molar-refractivity contribution is 0.0527. The minimum absolute atomic E-state index is 0.332. The molecule has 1 heterocycles. The predicted octanol–water partition coefficient (Wildman–Crippen LogP) is 2.93. The van der Waals surface area contributed by atoms with Gasteiger partial charge in [0.15, 0.2) is 0 Å². The highest BCUT2D eigenvalue weighted by molar-refractivity contribution is 5.96. The van der Waals surface area contributed by atoms with Crippen LogP contribution in [-0.4, -0.2) is 24.7 Å². The smallest absolute Gasteiger partial charge is 0.340 e. The molecule has 0 aliphatic heterocycles. The minimum Gasteiger partial charge on any atom is -0.496 e. The number of carbonyl (C=O) groups is 1. The molecule has 0 saturated carbocycles. The third kappa shape index (κ3) is 2.73. The lowest BCUT2D eigenvalue weighted by atomic mass is 10.0. The highest BCUT2D eigenvalue weighted by Gasteiger charge is 2.17. The van der Waals surface area contributed by atoms with Gasteiger partial charge >= 0.3 is 5.97 Å². The first-order valence-electron chi connectivity index (χ1n) is 6.03. The van der Waals surface area contributed by atoms with E-state index in [0.717, 1.165) is 5.56 Å². The van der Waals surface area contributed by atoms with Crippen LogP contribution in [0, 0.1) is 0 Å². The van der Waals surface area contributed by atoms with Gasteiger partial charge in [-0.25, -0.2) is 4.79 Å². The van der Waals surface area contributed by atoms with Crippen LogP contribution in [0.15, 0.2) is 42.6 Å². The number of pyridine rings is 1. The van der Waals surface area contributed by atoms with Crippen LogP contribution in [0.2, 0.25) is 0 Å². The van der Waals surface area contributed by atoms with E-state index in [2.05, 4.69) is 4.98 Å². The number of para-hydroxylation sites is 1. The second kappa shape index (κ2) is 6.00. The molecule has 0 aliphatic carbocycles. The average Bonchev–Trinajstić information content (AvgIpc) is 2.47. The molecule has 98 valence electrons. The van der Waals surface area contributed by atoms with Crippen molar-refractivity contribution in [1.82, 2.24) is 4.98 Å². The molecule has 4 nitrogen and oxygen atoms in total. The first kappa shape index (κ1) is 13.1. The van der Waals surface area contributed by atoms with Crippen LogP contribution in [0.25, 0.3) is 11.3 Å². The van der Waals surface area contributed by atoms with Gasteiger partial charge in [0.25, 0.3) is 0 Å². The number of aromatic nitrogens is 1. The van der Waals surface area contributed by atoms with Crippen molar-refractivity contribution in [3.05, 3.63) is 48.2 Å². The van der Waals surface area contributed by atoms with Gasteiger partial charge in [0, 0.05) is 11.8 Å². The molecule has 0 aliphatic rings. The first-order chi connectivity index (χ1) is 9.27. The zero-order valence-electron chi connectivity index (χ0n) is 10.9. The Labute approximate surface area is 112 Å². The molecule has 0 N–H and O–H groups in total. The lowest BCUT2D eigenvalue weighted by Crippen LogP contribution is -2.07. The quantitative estimate of drug-likeness (QED) is 0.790. The van der Waals surface area contributed by atoms with Crippen LogP contribution in [0.4, 0.5) is 0 Å². The summed E-state index contributed by atoms with van der Waals surface area (Å²) in [6, 6.07) is 10.9. The molecule has 2 aromatic rings. The Hall–Kier alpha value is -2.36. The molecule has 0 bridgehead atoms. The topological polar surface area (TPSA) is 48.4 Å². The fourth-order valence-electron chi connectivity index (χ4n) is 1.83. The van der Waals surface area contributed by atoms with Crippen LogP contribution in [-0.2, 0) is 4.74 Å². The minimum atomic E-state index is -0.378. The highest BCUT2D eigenvalue weighted by atomic mass is 16.5. The van der Waals surface area contributed by atoms with E-state index in [1.807, 2.05) is 24.3 Å². The summed E-state index contributed by atoms with van der Waals surface area (Å²) in [5.74, 6) is 0.295. The van der Waals surface area contributed by atoms with Gasteiger partial charge < -0.3 is 9.47 Å². The number of ether oxygens (including phenoxy) is 2. The number of rotatable bonds is 4. The normalized spacial score (nSPS) is 10.0. The molecule has 0 amide bonds. The van der Waals surface area contributed by atoms with E-state index < -0.39 is 0 Å². The molecule has 4 heteroatoms. The van der Waals surface area contributed by atoms with Crippen molar-refractivity contribution in [3.8, 4) is 17.0 Å². The Balaban J connectivity index is 2.53. The van der Waals surface area contributed by atoms with Crippen molar-refractivity contribution in [3.63, 3.8) is 0 Å². The molecule has 1 aromatic carbocycles. The second-order valence-electron chi connectivity index (χ2n) is 3.82. The Kier molecular flexibility index (Phi) is 4.13. The highest BCUT2D eigenvalue weighted by Crippen LogP contribution is 2.30. The van der Waals surface area contributed by atoms with Gasteiger partial charge in [-0.1, -0.05) is 12.1 Å². The zero-order chi connectivity index (χ0) is 13.7. The largest absolute Gasteiger partial charge is 0.496 e. The molecule has 2 rings (SSSR count). The molecular weight excluding hydrogens is 242 g/mol. The van der Waals surface area contributed by atoms with Crippen molar-refractivity contribution in [2.45, 2.75) is 6.92 Å². The fraction of sp³-hybridized carbons (Fsp3) is 0.200. The third-order valence-corrected chi connectivity index (χ3v) is 2.67. The maximum absolute atomic E-state index is 11.9. The summed E-state index contributed by atoms with van der Waals surface area (Å²) >= 11 is 0. The Morgan fingerprint density at radius 1 is 1.21 bits per heavy atom. The molecule has 19 heavy (non-hydrogen) atoms. The summed E-state index contributed by atoms with van der Waals surface area (Å²) in [7, 11) is 1.59. The number of hydrogen-bond donors (Lipinski definition) is 0. The van der Waals surface area contributed by atoms with Gasteiger partial charge in [0.1, 0.15) is 5.75 Å². The van der Waals surface area contributed by atoms with Gasteiger partial charge in [0.2, 0.25) is 0 Å².